The Morgan fingerprint density at radius 1 is 1.45 bits per heavy atom. The SMILES string of the molecule is Cc1c(Br)c(C(F)F)nn1CC(=O)NCCn1cc(Br)cn1. The highest BCUT2D eigenvalue weighted by Crippen LogP contribution is 2.28. The maximum atomic E-state index is 12.7. The number of hydrogen-bond acceptors (Lipinski definition) is 3. The van der Waals surface area contributed by atoms with Crippen LogP contribution in [0.3, 0.4) is 0 Å². The number of aromatic nitrogens is 4. The number of amides is 1. The molecule has 0 spiro atoms. The van der Waals surface area contributed by atoms with E-state index >= 15 is 0 Å². The lowest BCUT2D eigenvalue weighted by Gasteiger charge is -2.07. The van der Waals surface area contributed by atoms with Crippen LogP contribution in [0.5, 0.6) is 0 Å². The van der Waals surface area contributed by atoms with Crippen LogP contribution in [0.15, 0.2) is 21.3 Å². The second kappa shape index (κ2) is 7.32. The van der Waals surface area contributed by atoms with Gasteiger partial charge in [0.25, 0.3) is 6.43 Å². The van der Waals surface area contributed by atoms with E-state index in [0.29, 0.717) is 18.8 Å². The molecule has 0 atom stereocenters. The third-order valence-electron chi connectivity index (χ3n) is 2.92. The smallest absolute Gasteiger partial charge is 0.283 e. The van der Waals surface area contributed by atoms with E-state index in [4.69, 9.17) is 0 Å². The first-order valence-electron chi connectivity index (χ1n) is 6.34. The van der Waals surface area contributed by atoms with Crippen molar-refractivity contribution in [2.24, 2.45) is 0 Å². The monoisotopic (exact) mass is 439 g/mol. The Bertz CT molecular complexity index is 671. The van der Waals surface area contributed by atoms with Gasteiger partial charge in [-0.1, -0.05) is 0 Å². The van der Waals surface area contributed by atoms with Gasteiger partial charge < -0.3 is 5.32 Å². The molecule has 0 radical (unpaired) electrons. The molecule has 120 valence electrons. The van der Waals surface area contributed by atoms with Crippen molar-refractivity contribution < 1.29 is 13.6 Å². The number of rotatable bonds is 6. The Balaban J connectivity index is 1.88. The molecule has 10 heteroatoms. The van der Waals surface area contributed by atoms with Crippen LogP contribution in [0, 0.1) is 6.92 Å². The number of nitrogens with zero attached hydrogens (tertiary/aromatic N) is 4. The molecule has 0 aliphatic heterocycles. The average molecular weight is 441 g/mol. The van der Waals surface area contributed by atoms with Gasteiger partial charge in [-0.05, 0) is 38.8 Å². The minimum absolute atomic E-state index is 0.111. The Hall–Kier alpha value is -1.29. The summed E-state index contributed by atoms with van der Waals surface area (Å²) < 4.78 is 29.5. The van der Waals surface area contributed by atoms with Crippen LogP contribution in [0.4, 0.5) is 8.78 Å². The standard InChI is InChI=1S/C12H13Br2F2N5O/c1-7-10(14)11(12(15)16)19-21(7)6-9(22)17-2-3-20-5-8(13)4-18-20/h4-5,12H,2-3,6H2,1H3,(H,17,22). The number of carbonyl (C=O) groups is 1. The van der Waals surface area contributed by atoms with Crippen LogP contribution in [0.25, 0.3) is 0 Å². The predicted molar refractivity (Wildman–Crippen MR) is 82.6 cm³/mol. The Morgan fingerprint density at radius 2 is 2.18 bits per heavy atom. The molecule has 1 N–H and O–H groups in total. The summed E-state index contributed by atoms with van der Waals surface area (Å²) in [6.45, 7) is 2.41. The van der Waals surface area contributed by atoms with Gasteiger partial charge in [0, 0.05) is 12.7 Å². The largest absolute Gasteiger partial charge is 0.353 e. The van der Waals surface area contributed by atoms with Gasteiger partial charge in [-0.3, -0.25) is 14.2 Å². The number of halogens is 4. The van der Waals surface area contributed by atoms with Crippen molar-refractivity contribution >= 4 is 37.8 Å². The highest BCUT2D eigenvalue weighted by atomic mass is 79.9. The number of hydrogen-bond donors (Lipinski definition) is 1. The van der Waals surface area contributed by atoms with E-state index in [9.17, 15) is 13.6 Å². The van der Waals surface area contributed by atoms with Crippen LogP contribution in [-0.4, -0.2) is 32.0 Å². The normalized spacial score (nSPS) is 11.2. The number of alkyl halides is 2. The van der Waals surface area contributed by atoms with Gasteiger partial charge in [-0.25, -0.2) is 8.78 Å². The van der Waals surface area contributed by atoms with Crippen LogP contribution in [0.2, 0.25) is 0 Å². The molecule has 22 heavy (non-hydrogen) atoms. The quantitative estimate of drug-likeness (QED) is 0.750. The van der Waals surface area contributed by atoms with E-state index < -0.39 is 6.43 Å². The molecule has 6 nitrogen and oxygen atoms in total. The lowest BCUT2D eigenvalue weighted by atomic mass is 10.4. The first-order chi connectivity index (χ1) is 10.4. The molecular formula is C12H13Br2F2N5O. The first-order valence-corrected chi connectivity index (χ1v) is 7.92. The van der Waals surface area contributed by atoms with Gasteiger partial charge in [0.1, 0.15) is 12.2 Å². The van der Waals surface area contributed by atoms with Gasteiger partial charge >= 0.3 is 0 Å². The second-order valence-corrected chi connectivity index (χ2v) is 6.22. The summed E-state index contributed by atoms with van der Waals surface area (Å²) in [7, 11) is 0. The molecule has 0 saturated heterocycles. The van der Waals surface area contributed by atoms with Crippen molar-refractivity contribution in [3.05, 3.63) is 32.7 Å². The topological polar surface area (TPSA) is 64.7 Å². The number of nitrogens with one attached hydrogen (secondary N) is 1. The molecule has 2 rings (SSSR count). The zero-order valence-corrected chi connectivity index (χ0v) is 14.7. The van der Waals surface area contributed by atoms with Crippen molar-refractivity contribution in [3.8, 4) is 0 Å². The molecule has 2 aromatic heterocycles. The van der Waals surface area contributed by atoms with E-state index in [1.54, 1.807) is 24.0 Å². The molecule has 2 heterocycles. The fourth-order valence-corrected chi connectivity index (χ4v) is 2.59. The van der Waals surface area contributed by atoms with Crippen LogP contribution < -0.4 is 5.32 Å². The van der Waals surface area contributed by atoms with Crippen molar-refractivity contribution in [2.75, 3.05) is 6.54 Å². The predicted octanol–water partition coefficient (Wildman–Crippen LogP) is 2.67. The lowest BCUT2D eigenvalue weighted by Crippen LogP contribution is -2.31. The van der Waals surface area contributed by atoms with Gasteiger partial charge in [0.2, 0.25) is 5.91 Å². The van der Waals surface area contributed by atoms with E-state index in [1.165, 1.54) is 4.68 Å². The summed E-state index contributed by atoms with van der Waals surface area (Å²) >= 11 is 6.34. The minimum Gasteiger partial charge on any atom is -0.353 e. The molecular weight excluding hydrogens is 428 g/mol. The van der Waals surface area contributed by atoms with Crippen molar-refractivity contribution in [1.82, 2.24) is 24.9 Å². The summed E-state index contributed by atoms with van der Waals surface area (Å²) in [6, 6.07) is 0. The fourth-order valence-electron chi connectivity index (χ4n) is 1.80. The van der Waals surface area contributed by atoms with Gasteiger partial charge in [-0.2, -0.15) is 10.2 Å². The third-order valence-corrected chi connectivity index (χ3v) is 4.31. The molecule has 2 aromatic rings. The maximum absolute atomic E-state index is 12.7. The molecule has 0 saturated carbocycles. The van der Waals surface area contributed by atoms with E-state index in [1.807, 2.05) is 0 Å². The zero-order chi connectivity index (χ0) is 16.3. The van der Waals surface area contributed by atoms with Gasteiger partial charge in [0.05, 0.1) is 27.4 Å². The molecule has 1 amide bonds. The lowest BCUT2D eigenvalue weighted by molar-refractivity contribution is -0.121. The van der Waals surface area contributed by atoms with E-state index in [2.05, 4.69) is 47.4 Å². The van der Waals surface area contributed by atoms with E-state index in [0.717, 1.165) is 4.47 Å². The molecule has 0 aromatic carbocycles. The average Bonchev–Trinajstić information content (AvgIpc) is 2.97. The summed E-state index contributed by atoms with van der Waals surface area (Å²) in [4.78, 5) is 11.8. The summed E-state index contributed by atoms with van der Waals surface area (Å²) in [5.74, 6) is -0.301. The Morgan fingerprint density at radius 3 is 2.73 bits per heavy atom. The molecule has 0 aliphatic carbocycles. The third kappa shape index (κ3) is 4.13. The molecule has 0 fully saturated rings. The van der Waals surface area contributed by atoms with Crippen LogP contribution in [0.1, 0.15) is 17.8 Å². The van der Waals surface area contributed by atoms with Crippen molar-refractivity contribution in [1.29, 1.82) is 0 Å². The summed E-state index contributed by atoms with van der Waals surface area (Å²) in [6.07, 6.45) is 0.754. The highest BCUT2D eigenvalue weighted by molar-refractivity contribution is 9.10. The summed E-state index contributed by atoms with van der Waals surface area (Å²) in [5.41, 5.74) is 0.133. The van der Waals surface area contributed by atoms with Crippen molar-refractivity contribution in [3.63, 3.8) is 0 Å². The molecule has 0 bridgehead atoms. The maximum Gasteiger partial charge on any atom is 0.283 e. The van der Waals surface area contributed by atoms with Crippen LogP contribution in [-0.2, 0) is 17.9 Å². The number of carbonyl (C=O) groups excluding carboxylic acids is 1. The second-order valence-electron chi connectivity index (χ2n) is 4.51. The van der Waals surface area contributed by atoms with Gasteiger partial charge in [0.15, 0.2) is 0 Å². The fraction of sp³-hybridized carbons (Fsp3) is 0.417. The van der Waals surface area contributed by atoms with Crippen molar-refractivity contribution in [2.45, 2.75) is 26.4 Å². The highest BCUT2D eigenvalue weighted by Gasteiger charge is 2.21. The Labute approximate surface area is 142 Å². The Kier molecular flexibility index (Phi) is 5.68. The minimum atomic E-state index is -2.68. The van der Waals surface area contributed by atoms with Crippen LogP contribution >= 0.6 is 31.9 Å². The molecule has 0 unspecified atom stereocenters. The summed E-state index contributed by atoms with van der Waals surface area (Å²) in [5, 5.41) is 10.5. The van der Waals surface area contributed by atoms with Gasteiger partial charge in [-0.15, -0.1) is 0 Å². The van der Waals surface area contributed by atoms with E-state index in [-0.39, 0.29) is 22.6 Å². The first kappa shape index (κ1) is 17.1. The zero-order valence-electron chi connectivity index (χ0n) is 11.6. The molecule has 0 aliphatic rings.